The zero-order chi connectivity index (χ0) is 28.2. The van der Waals surface area contributed by atoms with Crippen molar-refractivity contribution in [3.05, 3.63) is 156 Å². The van der Waals surface area contributed by atoms with Gasteiger partial charge >= 0.3 is 0 Å². The molecule has 0 atom stereocenters. The first kappa shape index (κ1) is 26.0. The lowest BCUT2D eigenvalue weighted by Crippen LogP contribution is -1.96. The number of aryl methyl sites for hydroxylation is 2. The van der Waals surface area contributed by atoms with Crippen LogP contribution in [0.15, 0.2) is 145 Å². The van der Waals surface area contributed by atoms with Gasteiger partial charge in [0, 0.05) is 22.9 Å². The maximum Gasteiger partial charge on any atom is 0.132 e. The standard InChI is InChI=1S/C39H31NO/c1-27-15-14-16-28(2)38(27)40-26-32-23-12-13-24-33(32)37-35(30-19-8-4-9-20-30)25-34(29-17-6-3-7-18-29)36(39(37)41)31-21-10-5-11-22-31/h3-26,41H,1-2H3. The first-order chi connectivity index (χ1) is 20.1. The fourth-order valence-corrected chi connectivity index (χ4v) is 5.51. The topological polar surface area (TPSA) is 32.6 Å². The van der Waals surface area contributed by atoms with Gasteiger partial charge in [-0.3, -0.25) is 4.99 Å². The number of benzene rings is 6. The minimum atomic E-state index is 0.254. The van der Waals surface area contributed by atoms with Crippen LogP contribution in [0.5, 0.6) is 5.75 Å². The third-order valence-corrected chi connectivity index (χ3v) is 7.54. The predicted octanol–water partition coefficient (Wildman–Crippen LogP) is 10.4. The molecule has 0 radical (unpaired) electrons. The van der Waals surface area contributed by atoms with E-state index in [0.29, 0.717) is 0 Å². The molecule has 6 aromatic rings. The van der Waals surface area contributed by atoms with Crippen LogP contribution in [0.25, 0.3) is 44.5 Å². The van der Waals surface area contributed by atoms with E-state index in [1.807, 2.05) is 72.9 Å². The largest absolute Gasteiger partial charge is 0.507 e. The number of para-hydroxylation sites is 1. The van der Waals surface area contributed by atoms with Crippen LogP contribution in [0.2, 0.25) is 0 Å². The number of rotatable bonds is 6. The first-order valence-electron chi connectivity index (χ1n) is 13.9. The number of phenols is 1. The SMILES string of the molecule is Cc1cccc(C)c1N=Cc1ccccc1-c1c(-c2ccccc2)cc(-c2ccccc2)c(-c2ccccc2)c1O. The van der Waals surface area contributed by atoms with Gasteiger partial charge in [-0.1, -0.05) is 133 Å². The molecule has 0 aliphatic rings. The Bertz CT molecular complexity index is 1820. The van der Waals surface area contributed by atoms with Crippen molar-refractivity contribution < 1.29 is 5.11 Å². The lowest BCUT2D eigenvalue weighted by Gasteiger charge is -2.21. The highest BCUT2D eigenvalue weighted by molar-refractivity contribution is 6.04. The van der Waals surface area contributed by atoms with Gasteiger partial charge in [0.1, 0.15) is 5.75 Å². The molecule has 0 fully saturated rings. The molecule has 6 rings (SSSR count). The van der Waals surface area contributed by atoms with E-state index in [4.69, 9.17) is 4.99 Å². The van der Waals surface area contributed by atoms with Gasteiger partial charge in [-0.15, -0.1) is 0 Å². The quantitative estimate of drug-likeness (QED) is 0.214. The van der Waals surface area contributed by atoms with Crippen LogP contribution in [0.1, 0.15) is 16.7 Å². The van der Waals surface area contributed by atoms with E-state index in [9.17, 15) is 5.11 Å². The van der Waals surface area contributed by atoms with Crippen molar-refractivity contribution in [1.29, 1.82) is 0 Å². The highest BCUT2D eigenvalue weighted by Gasteiger charge is 2.23. The molecule has 0 aliphatic carbocycles. The lowest BCUT2D eigenvalue weighted by molar-refractivity contribution is 0.479. The van der Waals surface area contributed by atoms with E-state index in [-0.39, 0.29) is 5.75 Å². The number of hydrogen-bond donors (Lipinski definition) is 1. The molecule has 6 aromatic carbocycles. The third-order valence-electron chi connectivity index (χ3n) is 7.54. The summed E-state index contributed by atoms with van der Waals surface area (Å²) in [7, 11) is 0. The van der Waals surface area contributed by atoms with Crippen molar-refractivity contribution in [3.63, 3.8) is 0 Å². The van der Waals surface area contributed by atoms with Crippen LogP contribution in [-0.4, -0.2) is 11.3 Å². The Morgan fingerprint density at radius 2 is 0.976 bits per heavy atom. The molecule has 0 unspecified atom stereocenters. The zero-order valence-electron chi connectivity index (χ0n) is 23.3. The highest BCUT2D eigenvalue weighted by Crippen LogP contribution is 2.50. The molecule has 41 heavy (non-hydrogen) atoms. The van der Waals surface area contributed by atoms with Gasteiger partial charge in [-0.25, -0.2) is 0 Å². The second-order valence-electron chi connectivity index (χ2n) is 10.3. The smallest absolute Gasteiger partial charge is 0.132 e. The van der Waals surface area contributed by atoms with Gasteiger partial charge in [-0.05, 0) is 64.4 Å². The molecule has 0 amide bonds. The Hall–Kier alpha value is -5.21. The normalized spacial score (nSPS) is 11.2. The lowest BCUT2D eigenvalue weighted by atomic mass is 9.83. The summed E-state index contributed by atoms with van der Waals surface area (Å²) in [6.45, 7) is 4.17. The molecule has 0 aliphatic heterocycles. The third kappa shape index (κ3) is 5.20. The van der Waals surface area contributed by atoms with E-state index in [1.54, 1.807) is 0 Å². The summed E-state index contributed by atoms with van der Waals surface area (Å²) < 4.78 is 0. The summed E-state index contributed by atoms with van der Waals surface area (Å²) in [6.07, 6.45) is 1.92. The summed E-state index contributed by atoms with van der Waals surface area (Å²) in [6, 6.07) is 47.4. The minimum Gasteiger partial charge on any atom is -0.507 e. The van der Waals surface area contributed by atoms with Crippen LogP contribution < -0.4 is 0 Å². The monoisotopic (exact) mass is 529 g/mol. The summed E-state index contributed by atoms with van der Waals surface area (Å²) in [5.41, 5.74) is 11.7. The van der Waals surface area contributed by atoms with Crippen molar-refractivity contribution in [2.24, 2.45) is 4.99 Å². The Kier molecular flexibility index (Phi) is 7.30. The van der Waals surface area contributed by atoms with Crippen molar-refractivity contribution >= 4 is 11.9 Å². The second-order valence-corrected chi connectivity index (χ2v) is 10.3. The zero-order valence-corrected chi connectivity index (χ0v) is 23.3. The average Bonchev–Trinajstić information content (AvgIpc) is 3.02. The van der Waals surface area contributed by atoms with Crippen LogP contribution in [0.4, 0.5) is 5.69 Å². The molecule has 2 heteroatoms. The molecule has 0 spiro atoms. The van der Waals surface area contributed by atoms with Crippen LogP contribution >= 0.6 is 0 Å². The van der Waals surface area contributed by atoms with E-state index < -0.39 is 0 Å². The molecule has 0 bridgehead atoms. The maximum atomic E-state index is 12.3. The Morgan fingerprint density at radius 1 is 0.488 bits per heavy atom. The van der Waals surface area contributed by atoms with E-state index in [1.165, 1.54) is 0 Å². The fraction of sp³-hybridized carbons (Fsp3) is 0.0513. The van der Waals surface area contributed by atoms with Gasteiger partial charge in [-0.2, -0.15) is 0 Å². The van der Waals surface area contributed by atoms with Crippen LogP contribution in [0.3, 0.4) is 0 Å². The average molecular weight is 530 g/mol. The first-order valence-corrected chi connectivity index (χ1v) is 13.9. The number of aliphatic imine (C=N–C) groups is 1. The van der Waals surface area contributed by atoms with Gasteiger partial charge in [0.05, 0.1) is 5.69 Å². The maximum absolute atomic E-state index is 12.3. The highest BCUT2D eigenvalue weighted by atomic mass is 16.3. The number of nitrogens with zero attached hydrogens (tertiary/aromatic N) is 1. The van der Waals surface area contributed by atoms with Gasteiger partial charge in [0.15, 0.2) is 0 Å². The Balaban J connectivity index is 1.66. The number of phenolic OH excluding ortho intramolecular Hbond substituents is 1. The van der Waals surface area contributed by atoms with Gasteiger partial charge in [0.25, 0.3) is 0 Å². The molecule has 0 aromatic heterocycles. The van der Waals surface area contributed by atoms with Crippen molar-refractivity contribution in [2.45, 2.75) is 13.8 Å². The van der Waals surface area contributed by atoms with E-state index in [2.05, 4.69) is 86.6 Å². The number of hydrogen-bond acceptors (Lipinski definition) is 2. The summed E-state index contributed by atoms with van der Waals surface area (Å²) in [5, 5.41) is 12.3. The summed E-state index contributed by atoms with van der Waals surface area (Å²) in [5.74, 6) is 0.254. The van der Waals surface area contributed by atoms with Crippen molar-refractivity contribution in [3.8, 4) is 50.3 Å². The van der Waals surface area contributed by atoms with Crippen molar-refractivity contribution in [2.75, 3.05) is 0 Å². The predicted molar refractivity (Wildman–Crippen MR) is 173 cm³/mol. The summed E-state index contributed by atoms with van der Waals surface area (Å²) >= 11 is 0. The molecular weight excluding hydrogens is 498 g/mol. The number of aromatic hydroxyl groups is 1. The molecule has 1 N–H and O–H groups in total. The van der Waals surface area contributed by atoms with Crippen molar-refractivity contribution in [1.82, 2.24) is 0 Å². The molecule has 2 nitrogen and oxygen atoms in total. The van der Waals surface area contributed by atoms with Crippen LogP contribution in [-0.2, 0) is 0 Å². The van der Waals surface area contributed by atoms with Crippen LogP contribution in [0, 0.1) is 13.8 Å². The summed E-state index contributed by atoms with van der Waals surface area (Å²) in [4.78, 5) is 4.93. The Labute approximate surface area is 242 Å². The van der Waals surface area contributed by atoms with E-state index in [0.717, 1.165) is 66.9 Å². The van der Waals surface area contributed by atoms with Gasteiger partial charge in [0.2, 0.25) is 0 Å². The Morgan fingerprint density at radius 3 is 1.56 bits per heavy atom. The molecular formula is C39H31NO. The molecule has 0 saturated carbocycles. The fourth-order valence-electron chi connectivity index (χ4n) is 5.51. The second kappa shape index (κ2) is 11.5. The molecule has 198 valence electrons. The van der Waals surface area contributed by atoms with E-state index >= 15 is 0 Å². The molecule has 0 heterocycles. The van der Waals surface area contributed by atoms with Gasteiger partial charge < -0.3 is 5.11 Å². The minimum absolute atomic E-state index is 0.254. The molecule has 0 saturated heterocycles.